The predicted octanol–water partition coefficient (Wildman–Crippen LogP) is 4.16. The van der Waals surface area contributed by atoms with Gasteiger partial charge in [-0.05, 0) is 49.2 Å². The van der Waals surface area contributed by atoms with Crippen LogP contribution in [0.1, 0.15) is 16.7 Å². The molecule has 0 radical (unpaired) electrons. The number of fused-ring (bicyclic) bond motifs is 1. The van der Waals surface area contributed by atoms with Crippen molar-refractivity contribution >= 4 is 22.9 Å². The monoisotopic (exact) mass is 277 g/mol. The minimum Gasteiger partial charge on any atom is -0.423 e. The van der Waals surface area contributed by atoms with Crippen LogP contribution in [0.5, 0.6) is 0 Å². The summed E-state index contributed by atoms with van der Waals surface area (Å²) < 4.78 is 5.10. The zero-order valence-electron chi connectivity index (χ0n) is 12.0. The van der Waals surface area contributed by atoms with E-state index in [1.54, 1.807) is 12.1 Å². The summed E-state index contributed by atoms with van der Waals surface area (Å²) >= 11 is 0. The van der Waals surface area contributed by atoms with Crippen LogP contribution < -0.4 is 5.63 Å². The number of aryl methyl sites for hydroxylation is 2. The predicted molar refractivity (Wildman–Crippen MR) is 85.7 cm³/mol. The topological polar surface area (TPSA) is 42.6 Å². The standard InChI is InChI=1S/C18H15NO2/c1-12-3-4-15(13(2)9-12)11-19-16-6-7-17-14(10-16)5-8-18(20)21-17/h3-11H,1-2H3. The Bertz CT molecular complexity index is 891. The third-order valence-electron chi connectivity index (χ3n) is 3.38. The highest BCUT2D eigenvalue weighted by molar-refractivity contribution is 5.86. The van der Waals surface area contributed by atoms with Gasteiger partial charge in [-0.3, -0.25) is 4.99 Å². The summed E-state index contributed by atoms with van der Waals surface area (Å²) in [7, 11) is 0. The second kappa shape index (κ2) is 5.37. The van der Waals surface area contributed by atoms with Gasteiger partial charge in [0.05, 0.1) is 5.69 Å². The van der Waals surface area contributed by atoms with Crippen LogP contribution in [0.3, 0.4) is 0 Å². The summed E-state index contributed by atoms with van der Waals surface area (Å²) in [6.07, 6.45) is 1.86. The number of hydrogen-bond acceptors (Lipinski definition) is 3. The smallest absolute Gasteiger partial charge is 0.336 e. The second-order valence-corrected chi connectivity index (χ2v) is 5.09. The van der Waals surface area contributed by atoms with E-state index in [9.17, 15) is 4.79 Å². The van der Waals surface area contributed by atoms with E-state index in [4.69, 9.17) is 4.42 Å². The van der Waals surface area contributed by atoms with E-state index in [0.717, 1.165) is 16.6 Å². The molecule has 3 nitrogen and oxygen atoms in total. The van der Waals surface area contributed by atoms with Crippen molar-refractivity contribution in [3.8, 4) is 0 Å². The summed E-state index contributed by atoms with van der Waals surface area (Å²) in [6.45, 7) is 4.15. The van der Waals surface area contributed by atoms with Gasteiger partial charge in [-0.2, -0.15) is 0 Å². The molecular formula is C18H15NO2. The Balaban J connectivity index is 1.95. The van der Waals surface area contributed by atoms with Crippen LogP contribution in [0.2, 0.25) is 0 Å². The van der Waals surface area contributed by atoms with Crippen LogP contribution in [-0.2, 0) is 0 Å². The molecule has 0 fully saturated rings. The average molecular weight is 277 g/mol. The quantitative estimate of drug-likeness (QED) is 0.521. The molecule has 0 saturated carbocycles. The largest absolute Gasteiger partial charge is 0.423 e. The lowest BCUT2D eigenvalue weighted by Crippen LogP contribution is -1.93. The second-order valence-electron chi connectivity index (χ2n) is 5.09. The molecule has 0 aliphatic carbocycles. The Morgan fingerprint density at radius 1 is 1.00 bits per heavy atom. The van der Waals surface area contributed by atoms with Gasteiger partial charge < -0.3 is 4.42 Å². The third kappa shape index (κ3) is 2.92. The Kier molecular flexibility index (Phi) is 3.40. The number of rotatable bonds is 2. The van der Waals surface area contributed by atoms with Gasteiger partial charge in [-0.25, -0.2) is 4.79 Å². The molecule has 0 spiro atoms. The van der Waals surface area contributed by atoms with Crippen LogP contribution in [0.4, 0.5) is 5.69 Å². The Labute approximate surface area is 122 Å². The van der Waals surface area contributed by atoms with Gasteiger partial charge in [0, 0.05) is 17.7 Å². The van der Waals surface area contributed by atoms with Crippen LogP contribution >= 0.6 is 0 Å². The molecule has 0 amide bonds. The molecule has 3 rings (SSSR count). The fourth-order valence-corrected chi connectivity index (χ4v) is 2.25. The maximum Gasteiger partial charge on any atom is 0.336 e. The van der Waals surface area contributed by atoms with Crippen molar-refractivity contribution < 1.29 is 4.42 Å². The summed E-state index contributed by atoms with van der Waals surface area (Å²) in [5.74, 6) is 0. The summed E-state index contributed by atoms with van der Waals surface area (Å²) in [5.41, 5.74) is 4.61. The van der Waals surface area contributed by atoms with Gasteiger partial charge in [-0.1, -0.05) is 23.8 Å². The van der Waals surface area contributed by atoms with Crippen molar-refractivity contribution in [3.63, 3.8) is 0 Å². The van der Waals surface area contributed by atoms with E-state index in [-0.39, 0.29) is 5.63 Å². The van der Waals surface area contributed by atoms with Crippen molar-refractivity contribution in [3.05, 3.63) is 75.6 Å². The highest BCUT2D eigenvalue weighted by Crippen LogP contribution is 2.20. The fraction of sp³-hybridized carbons (Fsp3) is 0.111. The van der Waals surface area contributed by atoms with Gasteiger partial charge in [0.25, 0.3) is 0 Å². The summed E-state index contributed by atoms with van der Waals surface area (Å²) in [5, 5.41) is 0.866. The van der Waals surface area contributed by atoms with Crippen molar-refractivity contribution in [1.82, 2.24) is 0 Å². The molecule has 0 aliphatic heterocycles. The van der Waals surface area contributed by atoms with Crippen molar-refractivity contribution in [2.75, 3.05) is 0 Å². The minimum absolute atomic E-state index is 0.339. The SMILES string of the molecule is Cc1ccc(C=Nc2ccc3oc(=O)ccc3c2)c(C)c1. The number of hydrogen-bond donors (Lipinski definition) is 0. The highest BCUT2D eigenvalue weighted by Gasteiger charge is 1.99. The molecule has 3 aromatic rings. The van der Waals surface area contributed by atoms with Crippen LogP contribution in [0.25, 0.3) is 11.0 Å². The molecular weight excluding hydrogens is 262 g/mol. The van der Waals surface area contributed by atoms with E-state index < -0.39 is 0 Å². The van der Waals surface area contributed by atoms with E-state index in [0.29, 0.717) is 5.58 Å². The molecule has 1 aromatic heterocycles. The number of nitrogens with zero attached hydrogens (tertiary/aromatic N) is 1. The first kappa shape index (κ1) is 13.3. The van der Waals surface area contributed by atoms with Crippen LogP contribution in [0, 0.1) is 13.8 Å². The molecule has 0 N–H and O–H groups in total. The normalized spacial score (nSPS) is 11.3. The van der Waals surface area contributed by atoms with Crippen molar-refractivity contribution in [2.45, 2.75) is 13.8 Å². The molecule has 0 aliphatic rings. The van der Waals surface area contributed by atoms with E-state index in [2.05, 4.69) is 37.0 Å². The van der Waals surface area contributed by atoms with Gasteiger partial charge in [-0.15, -0.1) is 0 Å². The molecule has 0 atom stereocenters. The molecule has 104 valence electrons. The number of benzene rings is 2. The highest BCUT2D eigenvalue weighted by atomic mass is 16.4. The maximum atomic E-state index is 11.1. The lowest BCUT2D eigenvalue weighted by atomic mass is 10.1. The van der Waals surface area contributed by atoms with E-state index >= 15 is 0 Å². The molecule has 21 heavy (non-hydrogen) atoms. The van der Waals surface area contributed by atoms with Gasteiger partial charge in [0.2, 0.25) is 0 Å². The fourth-order valence-electron chi connectivity index (χ4n) is 2.25. The molecule has 0 unspecified atom stereocenters. The summed E-state index contributed by atoms with van der Waals surface area (Å²) in [4.78, 5) is 15.6. The van der Waals surface area contributed by atoms with Gasteiger partial charge in [0.1, 0.15) is 5.58 Å². The van der Waals surface area contributed by atoms with Crippen LogP contribution in [-0.4, -0.2) is 6.21 Å². The van der Waals surface area contributed by atoms with Gasteiger partial charge >= 0.3 is 5.63 Å². The zero-order chi connectivity index (χ0) is 14.8. The Morgan fingerprint density at radius 3 is 2.67 bits per heavy atom. The Hall–Kier alpha value is -2.68. The van der Waals surface area contributed by atoms with Crippen molar-refractivity contribution in [1.29, 1.82) is 0 Å². The molecule has 0 bridgehead atoms. The first-order valence-electron chi connectivity index (χ1n) is 6.77. The average Bonchev–Trinajstić information content (AvgIpc) is 2.46. The molecule has 0 saturated heterocycles. The third-order valence-corrected chi connectivity index (χ3v) is 3.38. The molecule has 1 heterocycles. The van der Waals surface area contributed by atoms with E-state index in [1.165, 1.54) is 17.2 Å². The first-order valence-corrected chi connectivity index (χ1v) is 6.77. The van der Waals surface area contributed by atoms with Crippen LogP contribution in [0.15, 0.2) is 62.7 Å². The Morgan fingerprint density at radius 2 is 1.86 bits per heavy atom. The minimum atomic E-state index is -0.339. The number of aliphatic imine (C=N–C) groups is 1. The molecule has 3 heteroatoms. The lowest BCUT2D eigenvalue weighted by molar-refractivity contribution is 0.561. The van der Waals surface area contributed by atoms with Gasteiger partial charge in [0.15, 0.2) is 0 Å². The zero-order valence-corrected chi connectivity index (χ0v) is 12.0. The van der Waals surface area contributed by atoms with E-state index in [1.807, 2.05) is 18.3 Å². The maximum absolute atomic E-state index is 11.1. The lowest BCUT2D eigenvalue weighted by Gasteiger charge is -2.01. The summed E-state index contributed by atoms with van der Waals surface area (Å²) in [6, 6.07) is 14.9. The molecule has 2 aromatic carbocycles. The van der Waals surface area contributed by atoms with Crippen molar-refractivity contribution in [2.24, 2.45) is 4.99 Å². The first-order chi connectivity index (χ1) is 10.1.